The summed E-state index contributed by atoms with van der Waals surface area (Å²) in [6.45, 7) is 11.1. The number of hydrogen-bond acceptors (Lipinski definition) is 2. The molecule has 0 rings (SSSR count). The third-order valence-electron chi connectivity index (χ3n) is 2.51. The largest absolute Gasteiger partial charge is 0.386 e. The maximum atomic E-state index is 11.5. The number of aliphatic hydroxyl groups is 1. The second-order valence-corrected chi connectivity index (χ2v) is 5.03. The van der Waals surface area contributed by atoms with E-state index in [0.717, 1.165) is 24.0 Å². The van der Waals surface area contributed by atoms with E-state index in [9.17, 15) is 9.90 Å². The van der Waals surface area contributed by atoms with E-state index in [2.05, 4.69) is 6.58 Å². The Labute approximate surface area is 105 Å². The van der Waals surface area contributed by atoms with E-state index < -0.39 is 5.60 Å². The van der Waals surface area contributed by atoms with Gasteiger partial charge in [-0.2, -0.15) is 0 Å². The van der Waals surface area contributed by atoms with Gasteiger partial charge in [0.1, 0.15) is 0 Å². The summed E-state index contributed by atoms with van der Waals surface area (Å²) in [5, 5.41) is 9.72. The Kier molecular flexibility index (Phi) is 6.74. The molecule has 2 nitrogen and oxygen atoms in total. The van der Waals surface area contributed by atoms with Crippen molar-refractivity contribution >= 4 is 5.78 Å². The molecular formula is C15H24O2. The molecule has 0 aliphatic rings. The number of allylic oxidation sites excluding steroid dienone is 4. The zero-order valence-corrected chi connectivity index (χ0v) is 11.4. The van der Waals surface area contributed by atoms with E-state index in [1.165, 1.54) is 0 Å². The van der Waals surface area contributed by atoms with Gasteiger partial charge in [-0.3, -0.25) is 4.79 Å². The molecule has 0 saturated carbocycles. The van der Waals surface area contributed by atoms with Crippen LogP contribution in [0.4, 0.5) is 0 Å². The monoisotopic (exact) mass is 236 g/mol. The van der Waals surface area contributed by atoms with E-state index in [1.807, 2.05) is 20.8 Å². The fourth-order valence-electron chi connectivity index (χ4n) is 1.47. The third-order valence-corrected chi connectivity index (χ3v) is 2.51. The topological polar surface area (TPSA) is 37.3 Å². The lowest BCUT2D eigenvalue weighted by Gasteiger charge is -2.17. The molecule has 96 valence electrons. The normalized spacial score (nSPS) is 15.0. The Morgan fingerprint density at radius 1 is 1.29 bits per heavy atom. The fraction of sp³-hybridized carbons (Fsp3) is 0.533. The SMILES string of the molecule is C=C[C@@](C)(O)CCC/C(C)=C\C(=O)C=C(C)C. The molecule has 0 spiro atoms. The quantitative estimate of drug-likeness (QED) is 0.542. The zero-order chi connectivity index (χ0) is 13.5. The van der Waals surface area contributed by atoms with Crippen molar-refractivity contribution in [2.24, 2.45) is 0 Å². The van der Waals surface area contributed by atoms with Crippen molar-refractivity contribution in [2.75, 3.05) is 0 Å². The van der Waals surface area contributed by atoms with Crippen LogP contribution in [0.25, 0.3) is 0 Å². The van der Waals surface area contributed by atoms with Crippen LogP contribution in [0.1, 0.15) is 47.0 Å². The number of carbonyl (C=O) groups is 1. The predicted molar refractivity (Wildman–Crippen MR) is 72.9 cm³/mol. The number of carbonyl (C=O) groups excluding carboxylic acids is 1. The smallest absolute Gasteiger partial charge is 0.178 e. The van der Waals surface area contributed by atoms with Crippen molar-refractivity contribution in [3.8, 4) is 0 Å². The maximum absolute atomic E-state index is 11.5. The van der Waals surface area contributed by atoms with Crippen LogP contribution < -0.4 is 0 Å². The lowest BCUT2D eigenvalue weighted by atomic mass is 9.97. The van der Waals surface area contributed by atoms with Crippen LogP contribution in [0.5, 0.6) is 0 Å². The van der Waals surface area contributed by atoms with E-state index in [-0.39, 0.29) is 5.78 Å². The van der Waals surface area contributed by atoms with Gasteiger partial charge in [0.25, 0.3) is 0 Å². The molecule has 0 aromatic carbocycles. The number of ketones is 1. The third kappa shape index (κ3) is 8.64. The van der Waals surface area contributed by atoms with E-state index >= 15 is 0 Å². The second kappa shape index (κ2) is 7.23. The molecule has 0 aromatic heterocycles. The minimum absolute atomic E-state index is 0.0398. The van der Waals surface area contributed by atoms with Gasteiger partial charge in [0.2, 0.25) is 0 Å². The van der Waals surface area contributed by atoms with Crippen molar-refractivity contribution in [3.63, 3.8) is 0 Å². The highest BCUT2D eigenvalue weighted by Crippen LogP contribution is 2.17. The van der Waals surface area contributed by atoms with Gasteiger partial charge in [0.15, 0.2) is 5.78 Å². The van der Waals surface area contributed by atoms with Crippen LogP contribution in [-0.4, -0.2) is 16.5 Å². The first kappa shape index (κ1) is 15.9. The molecule has 1 atom stereocenters. The van der Waals surface area contributed by atoms with Crippen molar-refractivity contribution in [1.82, 2.24) is 0 Å². The summed E-state index contributed by atoms with van der Waals surface area (Å²) in [5.74, 6) is 0.0398. The first-order valence-electron chi connectivity index (χ1n) is 5.99. The van der Waals surface area contributed by atoms with Gasteiger partial charge >= 0.3 is 0 Å². The predicted octanol–water partition coefficient (Wildman–Crippen LogP) is 3.58. The number of hydrogen-bond donors (Lipinski definition) is 1. The summed E-state index contributed by atoms with van der Waals surface area (Å²) in [5.41, 5.74) is 1.26. The van der Waals surface area contributed by atoms with Crippen LogP contribution >= 0.6 is 0 Å². The van der Waals surface area contributed by atoms with Crippen LogP contribution in [0.2, 0.25) is 0 Å². The van der Waals surface area contributed by atoms with Gasteiger partial charge in [-0.25, -0.2) is 0 Å². The zero-order valence-electron chi connectivity index (χ0n) is 11.4. The van der Waals surface area contributed by atoms with Crippen LogP contribution in [0.3, 0.4) is 0 Å². The summed E-state index contributed by atoms with van der Waals surface area (Å²) in [6, 6.07) is 0. The molecule has 0 aliphatic heterocycles. The van der Waals surface area contributed by atoms with Crippen molar-refractivity contribution in [2.45, 2.75) is 52.6 Å². The van der Waals surface area contributed by atoms with Crippen molar-refractivity contribution in [1.29, 1.82) is 0 Å². The molecule has 0 amide bonds. The molecule has 1 N–H and O–H groups in total. The lowest BCUT2D eigenvalue weighted by molar-refractivity contribution is -0.110. The highest BCUT2D eigenvalue weighted by Gasteiger charge is 2.13. The second-order valence-electron chi connectivity index (χ2n) is 5.03. The maximum Gasteiger partial charge on any atom is 0.178 e. The summed E-state index contributed by atoms with van der Waals surface area (Å²) < 4.78 is 0. The molecule has 0 bridgehead atoms. The Hall–Kier alpha value is -1.15. The summed E-state index contributed by atoms with van der Waals surface area (Å²) >= 11 is 0. The summed E-state index contributed by atoms with van der Waals surface area (Å²) in [6.07, 6.45) is 7.19. The molecule has 0 fully saturated rings. The average Bonchev–Trinajstić information content (AvgIpc) is 2.15. The molecule has 2 heteroatoms. The molecule has 0 radical (unpaired) electrons. The van der Waals surface area contributed by atoms with Crippen LogP contribution in [0.15, 0.2) is 36.0 Å². The lowest BCUT2D eigenvalue weighted by Crippen LogP contribution is -2.19. The van der Waals surface area contributed by atoms with Crippen LogP contribution in [-0.2, 0) is 4.79 Å². The molecule has 0 heterocycles. The highest BCUT2D eigenvalue weighted by atomic mass is 16.3. The van der Waals surface area contributed by atoms with Gasteiger partial charge in [0, 0.05) is 0 Å². The average molecular weight is 236 g/mol. The fourth-order valence-corrected chi connectivity index (χ4v) is 1.47. The minimum atomic E-state index is -0.801. The van der Waals surface area contributed by atoms with Gasteiger partial charge in [-0.05, 0) is 59.1 Å². The van der Waals surface area contributed by atoms with Gasteiger partial charge in [-0.1, -0.05) is 17.2 Å². The van der Waals surface area contributed by atoms with E-state index in [0.29, 0.717) is 6.42 Å². The first-order valence-corrected chi connectivity index (χ1v) is 5.99. The standard InChI is InChI=1S/C15H24O2/c1-6-15(5,17)9-7-8-13(4)11-14(16)10-12(2)3/h6,10-11,17H,1,7-9H2,2-5H3/b13-11-/t15-/m1/s1. The molecule has 0 aromatic rings. The Balaban J connectivity index is 4.15. The molecule has 17 heavy (non-hydrogen) atoms. The Bertz CT molecular complexity index is 329. The van der Waals surface area contributed by atoms with E-state index in [4.69, 9.17) is 0 Å². The minimum Gasteiger partial charge on any atom is -0.386 e. The highest BCUT2D eigenvalue weighted by molar-refractivity contribution is 5.99. The van der Waals surface area contributed by atoms with Gasteiger partial charge in [0.05, 0.1) is 5.60 Å². The van der Waals surface area contributed by atoms with Crippen LogP contribution in [0, 0.1) is 0 Å². The van der Waals surface area contributed by atoms with Gasteiger partial charge in [-0.15, -0.1) is 6.58 Å². The number of rotatable bonds is 7. The molecule has 0 unspecified atom stereocenters. The van der Waals surface area contributed by atoms with Gasteiger partial charge < -0.3 is 5.11 Å². The molecule has 0 aliphatic carbocycles. The van der Waals surface area contributed by atoms with Crippen molar-refractivity contribution in [3.05, 3.63) is 36.0 Å². The molecule has 0 saturated heterocycles. The van der Waals surface area contributed by atoms with Crippen molar-refractivity contribution < 1.29 is 9.90 Å². The first-order chi connectivity index (χ1) is 7.76. The summed E-state index contributed by atoms with van der Waals surface area (Å²) in [4.78, 5) is 11.5. The van der Waals surface area contributed by atoms with E-state index in [1.54, 1.807) is 25.2 Å². The Morgan fingerprint density at radius 2 is 1.88 bits per heavy atom. The Morgan fingerprint density at radius 3 is 2.35 bits per heavy atom. The summed E-state index contributed by atoms with van der Waals surface area (Å²) in [7, 11) is 0. The molecular weight excluding hydrogens is 212 g/mol.